The van der Waals surface area contributed by atoms with Gasteiger partial charge in [0.1, 0.15) is 21.2 Å². The number of amides is 1. The fourth-order valence-corrected chi connectivity index (χ4v) is 4.43. The molecule has 1 amide bonds. The Morgan fingerprint density at radius 2 is 1.94 bits per heavy atom. The van der Waals surface area contributed by atoms with Crippen molar-refractivity contribution in [3.05, 3.63) is 65.2 Å². The van der Waals surface area contributed by atoms with Crippen molar-refractivity contribution in [1.29, 1.82) is 0 Å². The molecule has 0 saturated heterocycles. The molecule has 0 radical (unpaired) electrons. The minimum Gasteiger partial charge on any atom is -0.492 e. The number of hydrogen-bond acceptors (Lipinski definition) is 6. The van der Waals surface area contributed by atoms with Crippen LogP contribution in [0, 0.1) is 0 Å². The van der Waals surface area contributed by atoms with Gasteiger partial charge in [-0.15, -0.1) is 0 Å². The first-order valence-corrected chi connectivity index (χ1v) is 11.7. The van der Waals surface area contributed by atoms with Crippen molar-refractivity contribution in [1.82, 2.24) is 4.37 Å². The second kappa shape index (κ2) is 9.03. The van der Waals surface area contributed by atoms with Gasteiger partial charge < -0.3 is 10.1 Å². The SMILES string of the molecule is CCOc1cc(NC(=O)c2ccns2)ccc1S(=O)(=O)Nc1cccc(C(C)(C)F)c1. The van der Waals surface area contributed by atoms with Crippen LogP contribution in [0.25, 0.3) is 0 Å². The lowest BCUT2D eigenvalue weighted by molar-refractivity contribution is 0.103. The Labute approximate surface area is 184 Å². The van der Waals surface area contributed by atoms with Gasteiger partial charge >= 0.3 is 0 Å². The number of alkyl halides is 1. The van der Waals surface area contributed by atoms with E-state index in [2.05, 4.69) is 14.4 Å². The van der Waals surface area contributed by atoms with E-state index in [9.17, 15) is 17.6 Å². The number of rotatable bonds is 8. The smallest absolute Gasteiger partial charge is 0.267 e. The molecular weight excluding hydrogens is 441 g/mol. The number of sulfonamides is 1. The van der Waals surface area contributed by atoms with E-state index in [-0.39, 0.29) is 28.8 Å². The van der Waals surface area contributed by atoms with Crippen LogP contribution >= 0.6 is 11.5 Å². The van der Waals surface area contributed by atoms with E-state index >= 15 is 0 Å². The van der Waals surface area contributed by atoms with E-state index < -0.39 is 15.7 Å². The second-order valence-corrected chi connectivity index (χ2v) is 9.57. The summed E-state index contributed by atoms with van der Waals surface area (Å²) < 4.78 is 52.1. The topological polar surface area (TPSA) is 97.4 Å². The van der Waals surface area contributed by atoms with E-state index in [1.54, 1.807) is 25.1 Å². The first kappa shape index (κ1) is 22.7. The molecule has 0 aliphatic carbocycles. The molecule has 3 aromatic rings. The predicted octanol–water partition coefficient (Wildman–Crippen LogP) is 4.80. The highest BCUT2D eigenvalue weighted by molar-refractivity contribution is 7.92. The zero-order valence-corrected chi connectivity index (χ0v) is 18.8. The molecule has 2 aromatic carbocycles. The normalized spacial score (nSPS) is 11.7. The minimum atomic E-state index is -4.03. The number of carbonyl (C=O) groups excluding carboxylic acids is 1. The lowest BCUT2D eigenvalue weighted by Crippen LogP contribution is -2.16. The maximum atomic E-state index is 14.2. The third-order valence-electron chi connectivity index (χ3n) is 4.25. The third-order valence-corrected chi connectivity index (χ3v) is 6.42. The van der Waals surface area contributed by atoms with Crippen molar-refractivity contribution in [2.24, 2.45) is 0 Å². The average molecular weight is 464 g/mol. The van der Waals surface area contributed by atoms with Gasteiger partial charge in [-0.3, -0.25) is 9.52 Å². The molecule has 31 heavy (non-hydrogen) atoms. The van der Waals surface area contributed by atoms with Crippen LogP contribution < -0.4 is 14.8 Å². The number of aromatic nitrogens is 1. The van der Waals surface area contributed by atoms with Gasteiger partial charge in [0.2, 0.25) is 0 Å². The van der Waals surface area contributed by atoms with Crippen molar-refractivity contribution < 1.29 is 22.3 Å². The van der Waals surface area contributed by atoms with E-state index in [0.29, 0.717) is 16.1 Å². The van der Waals surface area contributed by atoms with E-state index in [0.717, 1.165) is 11.5 Å². The first-order chi connectivity index (χ1) is 14.6. The van der Waals surface area contributed by atoms with E-state index in [1.165, 1.54) is 50.4 Å². The quantitative estimate of drug-likeness (QED) is 0.500. The Bertz CT molecular complexity index is 1170. The van der Waals surface area contributed by atoms with Crippen LogP contribution in [0.4, 0.5) is 15.8 Å². The molecule has 2 N–H and O–H groups in total. The monoisotopic (exact) mass is 463 g/mol. The van der Waals surface area contributed by atoms with Crippen LogP contribution in [0.1, 0.15) is 36.0 Å². The van der Waals surface area contributed by atoms with Crippen molar-refractivity contribution in [2.45, 2.75) is 31.3 Å². The minimum absolute atomic E-state index is 0.0825. The Balaban J connectivity index is 1.89. The van der Waals surface area contributed by atoms with Gasteiger partial charge in [0.15, 0.2) is 0 Å². The zero-order chi connectivity index (χ0) is 22.6. The zero-order valence-electron chi connectivity index (χ0n) is 17.2. The molecule has 0 aliphatic heterocycles. The van der Waals surface area contributed by atoms with Gasteiger partial charge in [-0.1, -0.05) is 12.1 Å². The summed E-state index contributed by atoms with van der Waals surface area (Å²) in [5.74, 6) is -0.275. The van der Waals surface area contributed by atoms with Gasteiger partial charge in [0.05, 0.1) is 6.61 Å². The molecule has 1 heterocycles. The number of halogens is 1. The molecule has 164 valence electrons. The molecule has 0 unspecified atom stereocenters. The molecule has 0 bridgehead atoms. The lowest BCUT2D eigenvalue weighted by Gasteiger charge is -2.17. The number of nitrogens with zero attached hydrogens (tertiary/aromatic N) is 1. The number of benzene rings is 2. The van der Waals surface area contributed by atoms with E-state index in [4.69, 9.17) is 4.74 Å². The molecule has 0 saturated carbocycles. The summed E-state index contributed by atoms with van der Waals surface area (Å²) in [5.41, 5.74) is -0.662. The molecule has 10 heteroatoms. The van der Waals surface area contributed by atoms with Crippen LogP contribution in [0.5, 0.6) is 5.75 Å². The fraction of sp³-hybridized carbons (Fsp3) is 0.238. The fourth-order valence-electron chi connectivity index (χ4n) is 2.76. The van der Waals surface area contributed by atoms with Gasteiger partial charge in [-0.05, 0) is 68.2 Å². The summed E-state index contributed by atoms with van der Waals surface area (Å²) in [5, 5.41) is 2.69. The van der Waals surface area contributed by atoms with E-state index in [1.807, 2.05) is 0 Å². The van der Waals surface area contributed by atoms with Gasteiger partial charge in [0, 0.05) is 23.6 Å². The molecule has 0 spiro atoms. The maximum absolute atomic E-state index is 14.2. The van der Waals surface area contributed by atoms with Crippen LogP contribution in [0.2, 0.25) is 0 Å². The maximum Gasteiger partial charge on any atom is 0.267 e. The van der Waals surface area contributed by atoms with Crippen LogP contribution in [0.15, 0.2) is 59.6 Å². The summed E-state index contributed by atoms with van der Waals surface area (Å²) >= 11 is 1.05. The highest BCUT2D eigenvalue weighted by atomic mass is 32.2. The highest BCUT2D eigenvalue weighted by Crippen LogP contribution is 2.31. The average Bonchev–Trinajstić information content (AvgIpc) is 3.22. The molecule has 1 aromatic heterocycles. The molecule has 0 aliphatic rings. The summed E-state index contributed by atoms with van der Waals surface area (Å²) in [6.45, 7) is 4.74. The largest absolute Gasteiger partial charge is 0.492 e. The van der Waals surface area contributed by atoms with Crippen molar-refractivity contribution in [3.63, 3.8) is 0 Å². The molecule has 3 rings (SSSR count). The van der Waals surface area contributed by atoms with Gasteiger partial charge in [-0.25, -0.2) is 17.2 Å². The van der Waals surface area contributed by atoms with Crippen molar-refractivity contribution in [3.8, 4) is 5.75 Å². The molecule has 0 fully saturated rings. The number of carbonyl (C=O) groups is 1. The van der Waals surface area contributed by atoms with Crippen LogP contribution in [-0.4, -0.2) is 25.3 Å². The first-order valence-electron chi connectivity index (χ1n) is 9.41. The summed E-state index contributed by atoms with van der Waals surface area (Å²) in [6, 6.07) is 12.0. The standard InChI is InChI=1S/C21H22FN3O4S2/c1-4-29-17-13-15(24-20(26)18-10-11-23-30-18)8-9-19(17)31(27,28)25-16-7-5-6-14(12-16)21(2,3)22/h5-13,25H,4H2,1-3H3,(H,24,26). The number of hydrogen-bond donors (Lipinski definition) is 2. The second-order valence-electron chi connectivity index (χ2n) is 7.08. The van der Waals surface area contributed by atoms with Crippen molar-refractivity contribution >= 4 is 38.8 Å². The Morgan fingerprint density at radius 3 is 2.58 bits per heavy atom. The summed E-state index contributed by atoms with van der Waals surface area (Å²) in [4.78, 5) is 12.6. The van der Waals surface area contributed by atoms with Crippen LogP contribution in [-0.2, 0) is 15.7 Å². The molecular formula is C21H22FN3O4S2. The van der Waals surface area contributed by atoms with Crippen molar-refractivity contribution in [2.75, 3.05) is 16.6 Å². The Morgan fingerprint density at radius 1 is 1.16 bits per heavy atom. The summed E-state index contributed by atoms with van der Waals surface area (Å²) in [6.07, 6.45) is 1.52. The highest BCUT2D eigenvalue weighted by Gasteiger charge is 2.23. The summed E-state index contributed by atoms with van der Waals surface area (Å²) in [7, 11) is -4.03. The lowest BCUT2D eigenvalue weighted by atomic mass is 10.00. The number of anilines is 2. The number of ether oxygens (including phenoxy) is 1. The van der Waals surface area contributed by atoms with Crippen LogP contribution in [0.3, 0.4) is 0 Å². The predicted molar refractivity (Wildman–Crippen MR) is 119 cm³/mol. The number of nitrogens with one attached hydrogen (secondary N) is 2. The Kier molecular flexibility index (Phi) is 6.61. The third kappa shape index (κ3) is 5.59. The molecule has 7 nitrogen and oxygen atoms in total. The van der Waals surface area contributed by atoms with Gasteiger partial charge in [-0.2, -0.15) is 0 Å². The Hall–Kier alpha value is -2.98. The van der Waals surface area contributed by atoms with Gasteiger partial charge in [0.25, 0.3) is 15.9 Å². The molecule has 0 atom stereocenters.